The molecule has 1 fully saturated rings. The number of nitrogens with one attached hydrogen (secondary N) is 2. The van der Waals surface area contributed by atoms with E-state index in [9.17, 15) is 4.79 Å². The van der Waals surface area contributed by atoms with Crippen LogP contribution in [0.15, 0.2) is 56.5 Å². The average Bonchev–Trinajstić information content (AvgIpc) is 2.74. The average molecular weight is 539 g/mol. The van der Waals surface area contributed by atoms with Crippen molar-refractivity contribution < 1.29 is 14.3 Å². The molecule has 2 aromatic carbocycles. The molecule has 0 heterocycles. The zero-order valence-corrected chi connectivity index (χ0v) is 19.7. The summed E-state index contributed by atoms with van der Waals surface area (Å²) in [5.74, 6) is 1.45. The molecular formula is C22H25Br2N3O3. The number of hydrogen-bond acceptors (Lipinski definition) is 4. The van der Waals surface area contributed by atoms with Crippen LogP contribution in [-0.4, -0.2) is 31.5 Å². The molecule has 160 valence electrons. The molecule has 2 aromatic rings. The number of rotatable bonds is 8. The maximum atomic E-state index is 12.0. The van der Waals surface area contributed by atoms with E-state index in [0.717, 1.165) is 33.1 Å². The number of carbonyl (C=O) groups excluding carboxylic acids is 1. The number of amides is 2. The molecule has 0 bridgehead atoms. The van der Waals surface area contributed by atoms with E-state index in [-0.39, 0.29) is 12.1 Å². The van der Waals surface area contributed by atoms with Gasteiger partial charge in [-0.15, -0.1) is 0 Å². The summed E-state index contributed by atoms with van der Waals surface area (Å²) < 4.78 is 13.4. The standard InChI is InChI=1S/C22H25Br2N3O3/c23-17-6-9-20(10-7-17)29-12-13-30-21-11-8-18(24)14-16(21)15-25-27-22(28)26-19-4-2-1-3-5-19/h6-11,14-15,19H,1-5,12-13H2,(H2,26,27,28)/b25-15-. The fourth-order valence-electron chi connectivity index (χ4n) is 3.22. The van der Waals surface area contributed by atoms with E-state index < -0.39 is 0 Å². The van der Waals surface area contributed by atoms with E-state index in [4.69, 9.17) is 9.47 Å². The van der Waals surface area contributed by atoms with Gasteiger partial charge in [0.25, 0.3) is 0 Å². The summed E-state index contributed by atoms with van der Waals surface area (Å²) in [4.78, 5) is 12.0. The third-order valence-electron chi connectivity index (χ3n) is 4.71. The van der Waals surface area contributed by atoms with Crippen molar-refractivity contribution in [3.63, 3.8) is 0 Å². The monoisotopic (exact) mass is 537 g/mol. The molecule has 0 atom stereocenters. The molecule has 2 amide bonds. The molecule has 1 aliphatic rings. The number of halogens is 2. The molecule has 0 unspecified atom stereocenters. The predicted molar refractivity (Wildman–Crippen MR) is 125 cm³/mol. The molecule has 1 aliphatic carbocycles. The van der Waals surface area contributed by atoms with Crippen molar-refractivity contribution in [1.82, 2.24) is 10.7 Å². The van der Waals surface area contributed by atoms with Gasteiger partial charge in [-0.3, -0.25) is 0 Å². The lowest BCUT2D eigenvalue weighted by atomic mass is 9.96. The SMILES string of the molecule is O=C(N/N=C\c1cc(Br)ccc1OCCOc1ccc(Br)cc1)NC1CCCCC1. The van der Waals surface area contributed by atoms with Crippen molar-refractivity contribution >= 4 is 44.1 Å². The van der Waals surface area contributed by atoms with Gasteiger partial charge in [0.1, 0.15) is 24.7 Å². The van der Waals surface area contributed by atoms with E-state index >= 15 is 0 Å². The molecule has 3 rings (SSSR count). The van der Waals surface area contributed by atoms with Gasteiger partial charge in [0.2, 0.25) is 0 Å². The van der Waals surface area contributed by atoms with Crippen molar-refractivity contribution in [3.05, 3.63) is 57.0 Å². The van der Waals surface area contributed by atoms with Gasteiger partial charge >= 0.3 is 6.03 Å². The maximum Gasteiger partial charge on any atom is 0.335 e. The fourth-order valence-corrected chi connectivity index (χ4v) is 3.86. The second-order valence-electron chi connectivity index (χ2n) is 7.01. The largest absolute Gasteiger partial charge is 0.490 e. The Hall–Kier alpha value is -2.06. The van der Waals surface area contributed by atoms with Gasteiger partial charge < -0.3 is 14.8 Å². The first-order valence-corrected chi connectivity index (χ1v) is 11.6. The summed E-state index contributed by atoms with van der Waals surface area (Å²) in [5.41, 5.74) is 3.29. The maximum absolute atomic E-state index is 12.0. The van der Waals surface area contributed by atoms with Crippen molar-refractivity contribution in [3.8, 4) is 11.5 Å². The molecule has 8 heteroatoms. The highest BCUT2D eigenvalue weighted by atomic mass is 79.9. The molecule has 1 saturated carbocycles. The molecule has 0 saturated heterocycles. The first kappa shape index (κ1) is 22.6. The highest BCUT2D eigenvalue weighted by molar-refractivity contribution is 9.10. The highest BCUT2D eigenvalue weighted by Gasteiger charge is 2.15. The Morgan fingerprint density at radius 2 is 1.70 bits per heavy atom. The van der Waals surface area contributed by atoms with Crippen LogP contribution in [0.3, 0.4) is 0 Å². The third kappa shape index (κ3) is 7.65. The number of nitrogens with zero attached hydrogens (tertiary/aromatic N) is 1. The lowest BCUT2D eigenvalue weighted by molar-refractivity contribution is 0.217. The van der Waals surface area contributed by atoms with Crippen molar-refractivity contribution in [2.24, 2.45) is 5.10 Å². The van der Waals surface area contributed by atoms with Gasteiger partial charge in [0, 0.05) is 20.6 Å². The van der Waals surface area contributed by atoms with E-state index in [0.29, 0.717) is 19.0 Å². The van der Waals surface area contributed by atoms with Gasteiger partial charge in [-0.25, -0.2) is 10.2 Å². The lowest BCUT2D eigenvalue weighted by Crippen LogP contribution is -2.41. The minimum atomic E-state index is -0.279. The quantitative estimate of drug-likeness (QED) is 0.260. The zero-order chi connectivity index (χ0) is 21.2. The summed E-state index contributed by atoms with van der Waals surface area (Å²) in [5, 5.41) is 7.04. The van der Waals surface area contributed by atoms with Crippen LogP contribution < -0.4 is 20.2 Å². The number of carbonyl (C=O) groups is 1. The second-order valence-corrected chi connectivity index (χ2v) is 8.84. The lowest BCUT2D eigenvalue weighted by Gasteiger charge is -2.22. The molecular weight excluding hydrogens is 514 g/mol. The van der Waals surface area contributed by atoms with Gasteiger partial charge in [0.15, 0.2) is 0 Å². The van der Waals surface area contributed by atoms with Crippen LogP contribution in [0.1, 0.15) is 37.7 Å². The van der Waals surface area contributed by atoms with E-state index in [1.54, 1.807) is 6.21 Å². The molecule has 0 aliphatic heterocycles. The normalized spacial score (nSPS) is 14.5. The van der Waals surface area contributed by atoms with Crippen LogP contribution in [0.4, 0.5) is 4.79 Å². The van der Waals surface area contributed by atoms with Gasteiger partial charge in [-0.1, -0.05) is 51.1 Å². The third-order valence-corrected chi connectivity index (χ3v) is 5.73. The van der Waals surface area contributed by atoms with Gasteiger partial charge in [-0.2, -0.15) is 5.10 Å². The van der Waals surface area contributed by atoms with Crippen molar-refractivity contribution in [2.45, 2.75) is 38.1 Å². The van der Waals surface area contributed by atoms with Crippen LogP contribution in [0.2, 0.25) is 0 Å². The van der Waals surface area contributed by atoms with Crippen LogP contribution in [0.5, 0.6) is 11.5 Å². The van der Waals surface area contributed by atoms with Gasteiger partial charge in [-0.05, 0) is 55.3 Å². The minimum absolute atomic E-state index is 0.240. The van der Waals surface area contributed by atoms with Crippen LogP contribution in [0.25, 0.3) is 0 Å². The van der Waals surface area contributed by atoms with E-state index in [2.05, 4.69) is 47.7 Å². The number of benzene rings is 2. The molecule has 0 spiro atoms. The van der Waals surface area contributed by atoms with Crippen LogP contribution in [-0.2, 0) is 0 Å². The molecule has 2 N–H and O–H groups in total. The smallest absolute Gasteiger partial charge is 0.335 e. The Kier molecular flexibility index (Phi) is 9.01. The molecule has 6 nitrogen and oxygen atoms in total. The number of ether oxygens (including phenoxy) is 2. The number of hydrazone groups is 1. The summed E-state index contributed by atoms with van der Waals surface area (Å²) in [6, 6.07) is 13.2. The Labute approximate surface area is 193 Å². The predicted octanol–water partition coefficient (Wildman–Crippen LogP) is 5.64. The Balaban J connectivity index is 1.48. The molecule has 0 radical (unpaired) electrons. The Bertz CT molecular complexity index is 853. The highest BCUT2D eigenvalue weighted by Crippen LogP contribution is 2.22. The van der Waals surface area contributed by atoms with E-state index in [1.807, 2.05) is 42.5 Å². The summed E-state index contributed by atoms with van der Waals surface area (Å²) in [7, 11) is 0. The minimum Gasteiger partial charge on any atom is -0.490 e. The first-order valence-electron chi connectivity index (χ1n) is 10.0. The summed E-state index contributed by atoms with van der Waals surface area (Å²) >= 11 is 6.85. The first-order chi connectivity index (χ1) is 14.6. The van der Waals surface area contributed by atoms with Crippen LogP contribution in [0, 0.1) is 0 Å². The Morgan fingerprint density at radius 3 is 2.47 bits per heavy atom. The van der Waals surface area contributed by atoms with Gasteiger partial charge in [0.05, 0.1) is 6.21 Å². The van der Waals surface area contributed by atoms with E-state index in [1.165, 1.54) is 19.3 Å². The summed E-state index contributed by atoms with van der Waals surface area (Å²) in [6.07, 6.45) is 7.22. The Morgan fingerprint density at radius 1 is 1.00 bits per heavy atom. The molecule has 0 aromatic heterocycles. The molecule has 30 heavy (non-hydrogen) atoms. The topological polar surface area (TPSA) is 72.0 Å². The fraction of sp³-hybridized carbons (Fsp3) is 0.364. The number of urea groups is 1. The van der Waals surface area contributed by atoms with Crippen LogP contribution >= 0.6 is 31.9 Å². The zero-order valence-electron chi connectivity index (χ0n) is 16.6. The second kappa shape index (κ2) is 12.0. The number of hydrogen-bond donors (Lipinski definition) is 2. The summed E-state index contributed by atoms with van der Waals surface area (Å²) in [6.45, 7) is 0.796. The van der Waals surface area contributed by atoms with Crippen molar-refractivity contribution in [1.29, 1.82) is 0 Å². The van der Waals surface area contributed by atoms with Crippen molar-refractivity contribution in [2.75, 3.05) is 13.2 Å².